The van der Waals surface area contributed by atoms with Crippen LogP contribution in [0.25, 0.3) is 0 Å². The third-order valence-electron chi connectivity index (χ3n) is 6.30. The van der Waals surface area contributed by atoms with E-state index < -0.39 is 30.3 Å². The molecule has 3 aromatic carbocycles. The molecule has 40 heavy (non-hydrogen) atoms. The van der Waals surface area contributed by atoms with E-state index in [4.69, 9.17) is 9.47 Å². The van der Waals surface area contributed by atoms with Crippen LogP contribution in [0.1, 0.15) is 36.6 Å². The summed E-state index contributed by atoms with van der Waals surface area (Å²) in [7, 11) is 0. The number of carbonyl (C=O) groups excluding carboxylic acids is 3. The van der Waals surface area contributed by atoms with E-state index in [0.29, 0.717) is 5.57 Å². The lowest BCUT2D eigenvalue weighted by molar-refractivity contribution is -0.180. The molecule has 0 spiro atoms. The molecule has 7 nitrogen and oxygen atoms in total. The molecule has 1 aliphatic heterocycles. The van der Waals surface area contributed by atoms with Gasteiger partial charge in [-0.3, -0.25) is 14.5 Å². The van der Waals surface area contributed by atoms with Crippen LogP contribution in [0.3, 0.4) is 0 Å². The van der Waals surface area contributed by atoms with Crippen LogP contribution >= 0.6 is 22.6 Å². The predicted molar refractivity (Wildman–Crippen MR) is 160 cm³/mol. The summed E-state index contributed by atoms with van der Waals surface area (Å²) in [6.07, 6.45) is -1.50. The van der Waals surface area contributed by atoms with Crippen LogP contribution in [0.2, 0.25) is 0 Å². The van der Waals surface area contributed by atoms with Gasteiger partial charge in [0, 0.05) is 22.6 Å². The van der Waals surface area contributed by atoms with Gasteiger partial charge >= 0.3 is 5.97 Å². The molecule has 0 radical (unpaired) electrons. The molecule has 0 saturated carbocycles. The zero-order chi connectivity index (χ0) is 28.5. The Bertz CT molecular complexity index is 1390. The summed E-state index contributed by atoms with van der Waals surface area (Å²) in [5, 5.41) is 2.77. The van der Waals surface area contributed by atoms with E-state index >= 15 is 0 Å². The van der Waals surface area contributed by atoms with E-state index in [2.05, 4.69) is 15.2 Å². The van der Waals surface area contributed by atoms with Crippen molar-refractivity contribution in [1.82, 2.24) is 10.2 Å². The van der Waals surface area contributed by atoms with Crippen LogP contribution < -0.4 is 5.32 Å². The van der Waals surface area contributed by atoms with Gasteiger partial charge in [0.25, 0.3) is 5.91 Å². The van der Waals surface area contributed by atoms with E-state index in [1.165, 1.54) is 4.90 Å². The van der Waals surface area contributed by atoms with Gasteiger partial charge in [-0.15, -0.1) is 0 Å². The van der Waals surface area contributed by atoms with Crippen LogP contribution in [0.15, 0.2) is 102 Å². The van der Waals surface area contributed by atoms with Gasteiger partial charge in [-0.05, 0) is 40.0 Å². The van der Waals surface area contributed by atoms with Crippen molar-refractivity contribution in [2.75, 3.05) is 6.61 Å². The van der Waals surface area contributed by atoms with Gasteiger partial charge in [0.1, 0.15) is 12.3 Å². The first kappa shape index (κ1) is 29.1. The Kier molecular flexibility index (Phi) is 10.1. The summed E-state index contributed by atoms with van der Waals surface area (Å²) in [6, 6.07) is 27.1. The lowest BCUT2D eigenvalue weighted by Crippen LogP contribution is -2.71. The Morgan fingerprint density at radius 2 is 1.48 bits per heavy atom. The molecule has 0 unspecified atom stereocenters. The number of amides is 2. The number of allylic oxidation sites excluding steroid dienone is 1. The maximum Gasteiger partial charge on any atom is 0.356 e. The molecular formula is C32H29IN2O5. The number of halogens is 1. The van der Waals surface area contributed by atoms with Crippen molar-refractivity contribution in [3.8, 4) is 9.85 Å². The number of β-lactam (4-membered cyclic amide) rings is 1. The van der Waals surface area contributed by atoms with Crippen LogP contribution in [0, 0.1) is 9.85 Å². The normalized spacial score (nSPS) is 15.9. The van der Waals surface area contributed by atoms with Gasteiger partial charge in [0.05, 0.1) is 6.42 Å². The van der Waals surface area contributed by atoms with E-state index in [1.54, 1.807) is 13.8 Å². The Balaban J connectivity index is 1.57. The first-order chi connectivity index (χ1) is 19.4. The fraction of sp³-hybridized carbons (Fsp3) is 0.219. The average Bonchev–Trinajstić information content (AvgIpc) is 2.97. The molecule has 0 aromatic heterocycles. The predicted octanol–water partition coefficient (Wildman–Crippen LogP) is 4.92. The van der Waals surface area contributed by atoms with Crippen LogP contribution in [0.5, 0.6) is 0 Å². The van der Waals surface area contributed by atoms with Crippen molar-refractivity contribution >= 4 is 40.4 Å². The molecule has 0 aliphatic carbocycles. The number of likely N-dealkylation sites (tertiary alicyclic amines) is 1. The second-order valence-corrected chi connectivity index (χ2v) is 9.88. The average molecular weight is 648 g/mol. The van der Waals surface area contributed by atoms with Crippen molar-refractivity contribution in [2.45, 2.75) is 38.6 Å². The van der Waals surface area contributed by atoms with Crippen LogP contribution in [-0.4, -0.2) is 41.6 Å². The third-order valence-corrected chi connectivity index (χ3v) is 6.68. The number of esters is 1. The third kappa shape index (κ3) is 6.97. The van der Waals surface area contributed by atoms with Crippen LogP contribution in [0.4, 0.5) is 0 Å². The molecule has 1 saturated heterocycles. The second-order valence-electron chi connectivity index (χ2n) is 9.34. The molecule has 1 heterocycles. The molecule has 8 heteroatoms. The molecule has 2 amide bonds. The number of nitrogens with one attached hydrogen (secondary N) is 1. The Morgan fingerprint density at radius 1 is 0.925 bits per heavy atom. The molecule has 1 aliphatic rings. The lowest BCUT2D eigenvalue weighted by Gasteiger charge is -2.46. The van der Waals surface area contributed by atoms with Crippen molar-refractivity contribution < 1.29 is 23.9 Å². The number of ether oxygens (including phenoxy) is 2. The minimum atomic E-state index is -0.964. The van der Waals surface area contributed by atoms with Crippen molar-refractivity contribution in [1.29, 1.82) is 0 Å². The second kappa shape index (κ2) is 13.9. The summed E-state index contributed by atoms with van der Waals surface area (Å²) in [6.45, 7) is 3.48. The largest absolute Gasteiger partial charge is 0.448 e. The van der Waals surface area contributed by atoms with Gasteiger partial charge < -0.3 is 14.8 Å². The number of hydrogen-bond donors (Lipinski definition) is 1. The Labute approximate surface area is 247 Å². The zero-order valence-electron chi connectivity index (χ0n) is 22.2. The van der Waals surface area contributed by atoms with Gasteiger partial charge in [0.2, 0.25) is 5.91 Å². The molecule has 1 N–H and O–H groups in total. The number of rotatable bonds is 10. The first-order valence-electron chi connectivity index (χ1n) is 12.8. The smallest absolute Gasteiger partial charge is 0.356 e. The quantitative estimate of drug-likeness (QED) is 0.111. The monoisotopic (exact) mass is 648 g/mol. The SMILES string of the molecule is CC(C)=C(C(=O)OC(c1ccccc1)c1ccccc1)N1C(=O)[C@H](NC(=O)Cc2ccccc2)[C@H]1OCC#CI. The van der Waals surface area contributed by atoms with Crippen molar-refractivity contribution in [3.05, 3.63) is 119 Å². The first-order valence-corrected chi connectivity index (χ1v) is 13.8. The highest BCUT2D eigenvalue weighted by Gasteiger charge is 2.53. The maximum atomic E-state index is 13.7. The van der Waals surface area contributed by atoms with Gasteiger partial charge in [-0.25, -0.2) is 4.79 Å². The Hall–Kier alpha value is -3.94. The van der Waals surface area contributed by atoms with Gasteiger partial charge in [0.15, 0.2) is 18.4 Å². The molecule has 0 bridgehead atoms. The highest BCUT2D eigenvalue weighted by atomic mass is 127. The Morgan fingerprint density at radius 3 is 2.00 bits per heavy atom. The minimum absolute atomic E-state index is 0.0180. The van der Waals surface area contributed by atoms with Crippen LogP contribution in [-0.2, 0) is 30.3 Å². The van der Waals surface area contributed by atoms with E-state index in [1.807, 2.05) is 114 Å². The summed E-state index contributed by atoms with van der Waals surface area (Å²) in [4.78, 5) is 41.2. The lowest BCUT2D eigenvalue weighted by atomic mass is 9.99. The van der Waals surface area contributed by atoms with Gasteiger partial charge in [-0.1, -0.05) is 96.9 Å². The van der Waals surface area contributed by atoms with E-state index in [9.17, 15) is 14.4 Å². The highest BCUT2D eigenvalue weighted by molar-refractivity contribution is 14.1. The molecule has 1 fully saturated rings. The fourth-order valence-electron chi connectivity index (χ4n) is 4.46. The molecule has 4 rings (SSSR count). The molecular weight excluding hydrogens is 619 g/mol. The van der Waals surface area contributed by atoms with Crippen molar-refractivity contribution in [2.24, 2.45) is 0 Å². The zero-order valence-corrected chi connectivity index (χ0v) is 24.3. The molecule has 2 atom stereocenters. The standard InChI is InChI=1S/C32H29IN2O5/c1-22(2)28(32(38)40-29(24-15-8-4-9-16-24)25-17-10-5-11-18-25)35-30(37)27(31(35)39-20-12-19-33)34-26(36)21-23-13-6-3-7-14-23/h3-11,13-18,27,29,31H,20-21H2,1-2H3,(H,34,36)/t27-,31+/m0/s1. The maximum absolute atomic E-state index is 13.7. The number of nitrogens with zero attached hydrogens (tertiary/aromatic N) is 1. The van der Waals surface area contributed by atoms with E-state index in [-0.39, 0.29) is 24.6 Å². The topological polar surface area (TPSA) is 84.9 Å². The number of carbonyl (C=O) groups is 3. The minimum Gasteiger partial charge on any atom is -0.448 e. The molecule has 204 valence electrons. The summed E-state index contributed by atoms with van der Waals surface area (Å²) in [5.74, 6) is 1.34. The number of benzene rings is 3. The van der Waals surface area contributed by atoms with Gasteiger partial charge in [-0.2, -0.15) is 0 Å². The fourth-order valence-corrected chi connectivity index (χ4v) is 4.61. The summed E-state index contributed by atoms with van der Waals surface area (Å²) in [5.41, 5.74) is 3.05. The van der Waals surface area contributed by atoms with E-state index in [0.717, 1.165) is 16.7 Å². The molecule has 3 aromatic rings. The summed E-state index contributed by atoms with van der Waals surface area (Å²) >= 11 is 1.90. The van der Waals surface area contributed by atoms with Crippen molar-refractivity contribution in [3.63, 3.8) is 0 Å². The number of hydrogen-bond acceptors (Lipinski definition) is 5. The highest BCUT2D eigenvalue weighted by Crippen LogP contribution is 2.32. The summed E-state index contributed by atoms with van der Waals surface area (Å²) < 4.78 is 14.7.